The average molecular weight is 272 g/mol. The van der Waals surface area contributed by atoms with Crippen LogP contribution in [0.2, 0.25) is 5.02 Å². The van der Waals surface area contributed by atoms with E-state index in [1.54, 1.807) is 0 Å². The third-order valence-corrected chi connectivity index (χ3v) is 3.91. The first-order valence-corrected chi connectivity index (χ1v) is 6.63. The van der Waals surface area contributed by atoms with Crippen molar-refractivity contribution in [1.29, 1.82) is 0 Å². The maximum absolute atomic E-state index is 6.15. The molecule has 17 heavy (non-hydrogen) atoms. The molecule has 6 heteroatoms. The van der Waals surface area contributed by atoms with Crippen LogP contribution < -0.4 is 5.32 Å². The lowest BCUT2D eigenvalue weighted by Gasteiger charge is -2.03. The Kier molecular flexibility index (Phi) is 3.81. The molecule has 92 valence electrons. The number of thiophene rings is 1. The van der Waals surface area contributed by atoms with Crippen LogP contribution in [0.25, 0.3) is 10.8 Å². The van der Waals surface area contributed by atoms with Gasteiger partial charge in [-0.15, -0.1) is 11.3 Å². The number of nitrogens with one attached hydrogen (secondary N) is 1. The molecule has 2 aromatic heterocycles. The van der Waals surface area contributed by atoms with Gasteiger partial charge in [-0.3, -0.25) is 0 Å². The van der Waals surface area contributed by atoms with Crippen molar-refractivity contribution in [3.8, 4) is 10.8 Å². The fraction of sp³-hybridized carbons (Fsp3) is 0.455. The molecule has 0 fully saturated rings. The molecule has 2 heterocycles. The highest BCUT2D eigenvalue weighted by Gasteiger charge is 2.15. The molecule has 0 aliphatic carbocycles. The van der Waals surface area contributed by atoms with E-state index < -0.39 is 0 Å². The summed E-state index contributed by atoms with van der Waals surface area (Å²) in [5, 5.41) is 9.82. The number of aromatic nitrogens is 2. The van der Waals surface area contributed by atoms with Gasteiger partial charge in [0.2, 0.25) is 0 Å². The highest BCUT2D eigenvalue weighted by molar-refractivity contribution is 7.14. The Morgan fingerprint density at radius 1 is 1.53 bits per heavy atom. The van der Waals surface area contributed by atoms with Crippen molar-refractivity contribution in [2.24, 2.45) is 0 Å². The molecule has 2 rings (SSSR count). The summed E-state index contributed by atoms with van der Waals surface area (Å²) in [6.07, 6.45) is 0. The molecule has 0 aliphatic rings. The van der Waals surface area contributed by atoms with Gasteiger partial charge >= 0.3 is 0 Å². The predicted molar refractivity (Wildman–Crippen MR) is 69.3 cm³/mol. The molecule has 0 spiro atoms. The van der Waals surface area contributed by atoms with Gasteiger partial charge < -0.3 is 9.84 Å². The molecule has 0 saturated carbocycles. The first kappa shape index (κ1) is 12.5. The zero-order valence-corrected chi connectivity index (χ0v) is 11.5. The number of halogens is 1. The minimum absolute atomic E-state index is 0.393. The fourth-order valence-corrected chi connectivity index (χ4v) is 2.48. The van der Waals surface area contributed by atoms with Crippen LogP contribution in [0.3, 0.4) is 0 Å². The Hall–Kier alpha value is -0.910. The molecule has 0 saturated heterocycles. The van der Waals surface area contributed by atoms with E-state index in [2.05, 4.69) is 29.3 Å². The van der Waals surface area contributed by atoms with Crippen molar-refractivity contribution in [1.82, 2.24) is 15.5 Å². The molecule has 0 radical (unpaired) electrons. The molecule has 0 aromatic carbocycles. The van der Waals surface area contributed by atoms with Gasteiger partial charge in [0.15, 0.2) is 5.82 Å². The summed E-state index contributed by atoms with van der Waals surface area (Å²) in [5.74, 6) is 1.14. The second-order valence-electron chi connectivity index (χ2n) is 4.11. The van der Waals surface area contributed by atoms with Crippen LogP contribution in [0.4, 0.5) is 0 Å². The average Bonchev–Trinajstić information content (AvgIpc) is 2.85. The van der Waals surface area contributed by atoms with Gasteiger partial charge in [0, 0.05) is 6.04 Å². The van der Waals surface area contributed by atoms with Gasteiger partial charge in [-0.2, -0.15) is 4.98 Å². The number of rotatable bonds is 4. The van der Waals surface area contributed by atoms with Gasteiger partial charge in [0.25, 0.3) is 5.89 Å². The topological polar surface area (TPSA) is 51.0 Å². The summed E-state index contributed by atoms with van der Waals surface area (Å²) in [4.78, 5) is 5.15. The molecule has 0 bridgehead atoms. The molecule has 0 amide bonds. The summed E-state index contributed by atoms with van der Waals surface area (Å²) < 4.78 is 5.20. The zero-order chi connectivity index (χ0) is 12.4. The zero-order valence-electron chi connectivity index (χ0n) is 9.95. The lowest BCUT2D eigenvalue weighted by atomic mass is 10.3. The van der Waals surface area contributed by atoms with Crippen LogP contribution in [0, 0.1) is 6.92 Å². The van der Waals surface area contributed by atoms with E-state index in [0.717, 1.165) is 10.4 Å². The Bertz CT molecular complexity index is 507. The monoisotopic (exact) mass is 271 g/mol. The van der Waals surface area contributed by atoms with Crippen LogP contribution >= 0.6 is 22.9 Å². The van der Waals surface area contributed by atoms with E-state index >= 15 is 0 Å². The van der Waals surface area contributed by atoms with Crippen molar-refractivity contribution in [2.75, 3.05) is 0 Å². The van der Waals surface area contributed by atoms with E-state index in [0.29, 0.717) is 29.3 Å². The standard InChI is InChI=1S/C11H14ClN3OS/c1-6(2)13-4-8-14-11(16-15-8)10-9(12)7(3)5-17-10/h5-6,13H,4H2,1-3H3. The molecule has 0 aliphatic heterocycles. The highest BCUT2D eigenvalue weighted by Crippen LogP contribution is 2.35. The molecule has 0 unspecified atom stereocenters. The van der Waals surface area contributed by atoms with Crippen molar-refractivity contribution in [3.05, 3.63) is 21.8 Å². The maximum atomic E-state index is 6.15. The third-order valence-electron chi connectivity index (χ3n) is 2.23. The lowest BCUT2D eigenvalue weighted by molar-refractivity contribution is 0.418. The third kappa shape index (κ3) is 2.86. The predicted octanol–water partition coefficient (Wildman–Crippen LogP) is 3.26. The summed E-state index contributed by atoms with van der Waals surface area (Å²) in [7, 11) is 0. The summed E-state index contributed by atoms with van der Waals surface area (Å²) >= 11 is 7.67. The van der Waals surface area contributed by atoms with Crippen molar-refractivity contribution < 1.29 is 4.52 Å². The van der Waals surface area contributed by atoms with Crippen molar-refractivity contribution in [3.63, 3.8) is 0 Å². The first-order valence-electron chi connectivity index (χ1n) is 5.38. The minimum atomic E-state index is 0.393. The Labute approximate surface area is 109 Å². The van der Waals surface area contributed by atoms with E-state index in [4.69, 9.17) is 16.1 Å². The quantitative estimate of drug-likeness (QED) is 0.927. The van der Waals surface area contributed by atoms with E-state index in [1.165, 1.54) is 11.3 Å². The van der Waals surface area contributed by atoms with Crippen LogP contribution in [0.1, 0.15) is 25.2 Å². The van der Waals surface area contributed by atoms with Gasteiger partial charge in [-0.05, 0) is 17.9 Å². The van der Waals surface area contributed by atoms with E-state index in [-0.39, 0.29) is 0 Å². The van der Waals surface area contributed by atoms with Crippen LogP contribution in [-0.2, 0) is 6.54 Å². The number of aryl methyl sites for hydroxylation is 1. The Morgan fingerprint density at radius 2 is 2.29 bits per heavy atom. The first-order chi connectivity index (χ1) is 8.08. The van der Waals surface area contributed by atoms with Crippen molar-refractivity contribution in [2.45, 2.75) is 33.4 Å². The van der Waals surface area contributed by atoms with Crippen LogP contribution in [0.15, 0.2) is 9.90 Å². The van der Waals surface area contributed by atoms with E-state index in [9.17, 15) is 0 Å². The fourth-order valence-electron chi connectivity index (χ4n) is 1.29. The van der Waals surface area contributed by atoms with E-state index in [1.807, 2.05) is 12.3 Å². The van der Waals surface area contributed by atoms with Crippen molar-refractivity contribution >= 4 is 22.9 Å². The highest BCUT2D eigenvalue weighted by atomic mass is 35.5. The lowest BCUT2D eigenvalue weighted by Crippen LogP contribution is -2.22. The largest absolute Gasteiger partial charge is 0.333 e. The summed E-state index contributed by atoms with van der Waals surface area (Å²) in [5.41, 5.74) is 1.03. The number of nitrogens with zero attached hydrogens (tertiary/aromatic N) is 2. The summed E-state index contributed by atoms with van der Waals surface area (Å²) in [6, 6.07) is 0.393. The van der Waals surface area contributed by atoms with Gasteiger partial charge in [0.1, 0.15) is 4.88 Å². The number of hydrogen-bond acceptors (Lipinski definition) is 5. The van der Waals surface area contributed by atoms with Crippen LogP contribution in [0.5, 0.6) is 0 Å². The summed E-state index contributed by atoms with van der Waals surface area (Å²) in [6.45, 7) is 6.70. The Morgan fingerprint density at radius 3 is 2.88 bits per heavy atom. The molecule has 2 aromatic rings. The van der Waals surface area contributed by atoms with Gasteiger partial charge in [-0.1, -0.05) is 30.6 Å². The number of hydrogen-bond donors (Lipinski definition) is 1. The second kappa shape index (κ2) is 5.16. The SMILES string of the molecule is Cc1csc(-c2nc(CNC(C)C)no2)c1Cl. The smallest absolute Gasteiger partial charge is 0.269 e. The molecular formula is C11H14ClN3OS. The maximum Gasteiger partial charge on any atom is 0.269 e. The molecular weight excluding hydrogens is 258 g/mol. The molecule has 4 nitrogen and oxygen atoms in total. The normalized spacial score (nSPS) is 11.4. The van der Waals surface area contributed by atoms with Gasteiger partial charge in [-0.25, -0.2) is 0 Å². The second-order valence-corrected chi connectivity index (χ2v) is 5.37. The van der Waals surface area contributed by atoms with Crippen LogP contribution in [-0.4, -0.2) is 16.2 Å². The molecule has 1 N–H and O–H groups in total. The Balaban J connectivity index is 2.15. The molecule has 0 atom stereocenters. The van der Waals surface area contributed by atoms with Gasteiger partial charge in [0.05, 0.1) is 11.6 Å². The minimum Gasteiger partial charge on any atom is -0.333 e.